The van der Waals surface area contributed by atoms with E-state index in [1.165, 1.54) is 0 Å². The Balaban J connectivity index is 1.13. The molecule has 0 radical (unpaired) electrons. The first-order chi connectivity index (χ1) is 14.2. The lowest BCUT2D eigenvalue weighted by Crippen LogP contribution is -2.54. The average Bonchev–Trinajstić information content (AvgIpc) is 3.42. The van der Waals surface area contributed by atoms with Crippen LogP contribution in [0.2, 0.25) is 0 Å². The molecule has 3 fully saturated rings. The van der Waals surface area contributed by atoms with Crippen LogP contribution in [-0.4, -0.2) is 53.3 Å². The average molecular weight is 392 g/mol. The highest BCUT2D eigenvalue weighted by molar-refractivity contribution is 5.89. The molecule has 0 aromatic carbocycles. The van der Waals surface area contributed by atoms with Gasteiger partial charge in [0.25, 0.3) is 5.91 Å². The van der Waals surface area contributed by atoms with E-state index in [2.05, 4.69) is 20.1 Å². The Labute approximate surface area is 166 Å². The van der Waals surface area contributed by atoms with E-state index in [4.69, 9.17) is 9.47 Å². The highest BCUT2D eigenvalue weighted by Crippen LogP contribution is 2.51. The molecule has 9 heteroatoms. The smallest absolute Gasteiger partial charge is 0.257 e. The van der Waals surface area contributed by atoms with Gasteiger partial charge in [0.15, 0.2) is 11.2 Å². The maximum Gasteiger partial charge on any atom is 0.257 e. The van der Waals surface area contributed by atoms with Crippen LogP contribution >= 0.6 is 0 Å². The highest BCUT2D eigenvalue weighted by Gasteiger charge is 2.63. The SMILES string of the molecule is O=C1N2[C@@H](CC[C@H]2c2cnccn2)OC12CC(OCc1ccnc3ccnn13)C2. The minimum Gasteiger partial charge on any atom is -0.372 e. The van der Waals surface area contributed by atoms with Crippen molar-refractivity contribution in [1.82, 2.24) is 29.5 Å². The van der Waals surface area contributed by atoms with Gasteiger partial charge in [0, 0.05) is 37.5 Å². The normalized spacial score (nSPS) is 30.8. The summed E-state index contributed by atoms with van der Waals surface area (Å²) in [6, 6.07) is 3.70. The largest absolute Gasteiger partial charge is 0.372 e. The third-order valence-electron chi connectivity index (χ3n) is 6.19. The molecular formula is C20H20N6O3. The zero-order chi connectivity index (χ0) is 19.4. The fourth-order valence-corrected chi connectivity index (χ4v) is 4.75. The Bertz CT molecular complexity index is 1060. The summed E-state index contributed by atoms with van der Waals surface area (Å²) in [5, 5.41) is 4.28. The van der Waals surface area contributed by atoms with Crippen molar-refractivity contribution < 1.29 is 14.3 Å². The number of nitrogens with zero attached hydrogens (tertiary/aromatic N) is 6. The molecule has 2 aliphatic heterocycles. The molecule has 0 N–H and O–H groups in total. The van der Waals surface area contributed by atoms with Crippen molar-refractivity contribution in [3.8, 4) is 0 Å². The second-order valence-corrected chi connectivity index (χ2v) is 7.88. The first-order valence-electron chi connectivity index (χ1n) is 9.89. The molecule has 3 aliphatic rings. The van der Waals surface area contributed by atoms with E-state index < -0.39 is 5.60 Å². The standard InChI is InChI=1S/C20H20N6O3/c27-19-20(29-18-2-1-16(25(18)19)15-11-21-7-8-22-15)9-14(10-20)28-12-13-3-5-23-17-4-6-24-26(13)17/h3-8,11,14,16,18H,1-2,9-10,12H2/t14?,16-,18+,20?/m0/s1. The van der Waals surface area contributed by atoms with Crippen LogP contribution in [0.4, 0.5) is 0 Å². The molecule has 2 atom stereocenters. The second kappa shape index (κ2) is 6.30. The fourth-order valence-electron chi connectivity index (χ4n) is 4.75. The van der Waals surface area contributed by atoms with Crippen molar-refractivity contribution in [2.24, 2.45) is 0 Å². The van der Waals surface area contributed by atoms with Gasteiger partial charge in [-0.25, -0.2) is 9.50 Å². The summed E-state index contributed by atoms with van der Waals surface area (Å²) in [7, 11) is 0. The number of hydrogen-bond acceptors (Lipinski definition) is 7. The Morgan fingerprint density at radius 2 is 2.07 bits per heavy atom. The summed E-state index contributed by atoms with van der Waals surface area (Å²) < 4.78 is 14.1. The van der Waals surface area contributed by atoms with Gasteiger partial charge in [-0.3, -0.25) is 14.8 Å². The molecule has 1 spiro atoms. The van der Waals surface area contributed by atoms with Gasteiger partial charge < -0.3 is 14.4 Å². The van der Waals surface area contributed by atoms with Crippen LogP contribution in [0.15, 0.2) is 43.1 Å². The maximum absolute atomic E-state index is 13.2. The van der Waals surface area contributed by atoms with Gasteiger partial charge in [-0.05, 0) is 18.9 Å². The van der Waals surface area contributed by atoms with E-state index in [0.29, 0.717) is 19.4 Å². The van der Waals surface area contributed by atoms with Crippen LogP contribution in [0.5, 0.6) is 0 Å². The maximum atomic E-state index is 13.2. The molecule has 0 bridgehead atoms. The Hall–Kier alpha value is -2.91. The molecular weight excluding hydrogens is 372 g/mol. The summed E-state index contributed by atoms with van der Waals surface area (Å²) in [5.74, 6) is 0.0638. The first kappa shape index (κ1) is 17.0. The molecule has 3 aromatic heterocycles. The van der Waals surface area contributed by atoms with Gasteiger partial charge in [0.2, 0.25) is 0 Å². The van der Waals surface area contributed by atoms with E-state index in [1.807, 2.05) is 17.0 Å². The quantitative estimate of drug-likeness (QED) is 0.666. The van der Waals surface area contributed by atoms with Crippen LogP contribution in [0.3, 0.4) is 0 Å². The van der Waals surface area contributed by atoms with E-state index in [-0.39, 0.29) is 24.3 Å². The number of hydrogen-bond donors (Lipinski definition) is 0. The molecule has 1 saturated carbocycles. The van der Waals surface area contributed by atoms with E-state index in [0.717, 1.165) is 29.9 Å². The van der Waals surface area contributed by atoms with Crippen molar-refractivity contribution in [2.75, 3.05) is 0 Å². The number of carbonyl (C=O) groups is 1. The lowest BCUT2D eigenvalue weighted by atomic mass is 9.76. The molecule has 1 aliphatic carbocycles. The Morgan fingerprint density at radius 3 is 2.93 bits per heavy atom. The molecule has 6 rings (SSSR count). The third-order valence-corrected chi connectivity index (χ3v) is 6.19. The monoisotopic (exact) mass is 392 g/mol. The number of amides is 1. The van der Waals surface area contributed by atoms with Gasteiger partial charge in [-0.15, -0.1) is 0 Å². The van der Waals surface area contributed by atoms with Gasteiger partial charge in [-0.2, -0.15) is 5.10 Å². The zero-order valence-electron chi connectivity index (χ0n) is 15.7. The number of aromatic nitrogens is 5. The van der Waals surface area contributed by atoms with Crippen molar-refractivity contribution in [3.05, 3.63) is 54.5 Å². The molecule has 2 saturated heterocycles. The summed E-state index contributed by atoms with van der Waals surface area (Å²) in [5.41, 5.74) is 1.82. The molecule has 1 amide bonds. The summed E-state index contributed by atoms with van der Waals surface area (Å²) in [4.78, 5) is 27.9. The van der Waals surface area contributed by atoms with E-state index in [1.54, 1.807) is 35.5 Å². The second-order valence-electron chi connectivity index (χ2n) is 7.88. The fraction of sp³-hybridized carbons (Fsp3) is 0.450. The minimum atomic E-state index is -0.741. The van der Waals surface area contributed by atoms with Gasteiger partial charge in [-0.1, -0.05) is 0 Å². The number of carbonyl (C=O) groups excluding carboxylic acids is 1. The van der Waals surface area contributed by atoms with Crippen molar-refractivity contribution in [3.63, 3.8) is 0 Å². The Morgan fingerprint density at radius 1 is 1.14 bits per heavy atom. The molecule has 29 heavy (non-hydrogen) atoms. The van der Waals surface area contributed by atoms with Crippen molar-refractivity contribution in [1.29, 1.82) is 0 Å². The summed E-state index contributed by atoms with van der Waals surface area (Å²) in [6.45, 7) is 0.422. The zero-order valence-corrected chi connectivity index (χ0v) is 15.7. The van der Waals surface area contributed by atoms with Crippen molar-refractivity contribution >= 4 is 11.6 Å². The predicted molar refractivity (Wildman–Crippen MR) is 99.3 cm³/mol. The summed E-state index contributed by atoms with van der Waals surface area (Å²) >= 11 is 0. The van der Waals surface area contributed by atoms with Gasteiger partial charge in [0.1, 0.15) is 6.23 Å². The van der Waals surface area contributed by atoms with Crippen LogP contribution in [0.1, 0.15) is 43.1 Å². The van der Waals surface area contributed by atoms with Crippen LogP contribution < -0.4 is 0 Å². The first-order valence-corrected chi connectivity index (χ1v) is 9.89. The molecule has 5 heterocycles. The summed E-state index contributed by atoms with van der Waals surface area (Å²) in [6.07, 6.45) is 11.2. The van der Waals surface area contributed by atoms with Crippen molar-refractivity contribution in [2.45, 2.75) is 56.3 Å². The van der Waals surface area contributed by atoms with Gasteiger partial charge in [0.05, 0.1) is 42.5 Å². The number of rotatable bonds is 4. The van der Waals surface area contributed by atoms with Crippen LogP contribution in [0, 0.1) is 0 Å². The lowest BCUT2D eigenvalue weighted by Gasteiger charge is -2.42. The molecule has 3 aromatic rings. The van der Waals surface area contributed by atoms with Gasteiger partial charge >= 0.3 is 0 Å². The molecule has 148 valence electrons. The van der Waals surface area contributed by atoms with Crippen LogP contribution in [-0.2, 0) is 20.9 Å². The highest BCUT2D eigenvalue weighted by atomic mass is 16.6. The topological polar surface area (TPSA) is 94.7 Å². The Kier molecular flexibility index (Phi) is 3.69. The van der Waals surface area contributed by atoms with E-state index in [9.17, 15) is 4.79 Å². The lowest BCUT2D eigenvalue weighted by molar-refractivity contribution is -0.177. The number of ether oxygens (including phenoxy) is 2. The molecule has 9 nitrogen and oxygen atoms in total. The third kappa shape index (κ3) is 2.57. The predicted octanol–water partition coefficient (Wildman–Crippen LogP) is 1.66. The minimum absolute atomic E-state index is 0.00674. The molecule has 0 unspecified atom stereocenters. The number of fused-ring (bicyclic) bond motifs is 2. The van der Waals surface area contributed by atoms with Crippen LogP contribution in [0.25, 0.3) is 5.65 Å². The van der Waals surface area contributed by atoms with E-state index >= 15 is 0 Å².